The van der Waals surface area contributed by atoms with Gasteiger partial charge in [-0.1, -0.05) is 0 Å². The third-order valence-electron chi connectivity index (χ3n) is 2.81. The van der Waals surface area contributed by atoms with Crippen LogP contribution in [0.4, 0.5) is 4.79 Å². The Morgan fingerprint density at radius 1 is 1.44 bits per heavy atom. The van der Waals surface area contributed by atoms with Gasteiger partial charge in [0.15, 0.2) is 0 Å². The number of amides is 1. The fourth-order valence-electron chi connectivity index (χ4n) is 2.04. The molecule has 5 heteroatoms. The van der Waals surface area contributed by atoms with Crippen LogP contribution in [0.1, 0.15) is 12.8 Å². The van der Waals surface area contributed by atoms with Gasteiger partial charge in [-0.2, -0.15) is 0 Å². The average molecular weight is 230 g/mol. The number of piperidine rings is 1. The Morgan fingerprint density at radius 2 is 2.06 bits per heavy atom. The lowest BCUT2D eigenvalue weighted by Crippen LogP contribution is -2.41. The van der Waals surface area contributed by atoms with Gasteiger partial charge in [0.05, 0.1) is 6.61 Å². The number of hydrogen-bond acceptors (Lipinski definition) is 4. The molecule has 0 aromatic carbocycles. The maximum atomic E-state index is 11.5. The van der Waals surface area contributed by atoms with Gasteiger partial charge < -0.3 is 19.6 Å². The molecule has 0 saturated carbocycles. The molecular weight excluding hydrogens is 208 g/mol. The van der Waals surface area contributed by atoms with Gasteiger partial charge in [-0.25, -0.2) is 4.79 Å². The number of ether oxygens (including phenoxy) is 1. The van der Waals surface area contributed by atoms with Crippen molar-refractivity contribution in [3.05, 3.63) is 0 Å². The van der Waals surface area contributed by atoms with Gasteiger partial charge in [-0.05, 0) is 32.9 Å². The lowest BCUT2D eigenvalue weighted by atomic mass is 9.97. The number of rotatable bonds is 4. The van der Waals surface area contributed by atoms with Gasteiger partial charge >= 0.3 is 6.09 Å². The topological polar surface area (TPSA) is 53.0 Å². The first-order valence-electron chi connectivity index (χ1n) is 5.80. The smallest absolute Gasteiger partial charge is 0.409 e. The summed E-state index contributed by atoms with van der Waals surface area (Å²) >= 11 is 0. The molecule has 0 bridgehead atoms. The Morgan fingerprint density at radius 3 is 2.56 bits per heavy atom. The van der Waals surface area contributed by atoms with Crippen LogP contribution in [-0.4, -0.2) is 67.9 Å². The molecule has 94 valence electrons. The van der Waals surface area contributed by atoms with E-state index >= 15 is 0 Å². The van der Waals surface area contributed by atoms with Crippen molar-refractivity contribution < 1.29 is 14.6 Å². The number of aliphatic hydroxyl groups excluding tert-OH is 1. The van der Waals surface area contributed by atoms with Crippen molar-refractivity contribution in [2.75, 3.05) is 46.9 Å². The zero-order valence-electron chi connectivity index (χ0n) is 10.2. The number of carbonyl (C=O) groups excluding carboxylic acids is 1. The maximum Gasteiger partial charge on any atom is 0.409 e. The highest BCUT2D eigenvalue weighted by molar-refractivity contribution is 5.67. The number of nitrogens with zero attached hydrogens (tertiary/aromatic N) is 2. The highest BCUT2D eigenvalue weighted by Crippen LogP contribution is 2.18. The Balaban J connectivity index is 2.23. The maximum absolute atomic E-state index is 11.5. The van der Waals surface area contributed by atoms with Crippen LogP contribution in [0.2, 0.25) is 0 Å². The van der Waals surface area contributed by atoms with Crippen LogP contribution in [-0.2, 0) is 4.74 Å². The fourth-order valence-corrected chi connectivity index (χ4v) is 2.04. The Kier molecular flexibility index (Phi) is 5.55. The largest absolute Gasteiger partial charge is 0.447 e. The first-order valence-corrected chi connectivity index (χ1v) is 5.80. The van der Waals surface area contributed by atoms with E-state index in [0.29, 0.717) is 5.92 Å². The summed E-state index contributed by atoms with van der Waals surface area (Å²) in [4.78, 5) is 15.4. The molecule has 0 unspecified atom stereocenters. The predicted octanol–water partition coefficient (Wildman–Crippen LogP) is 0.389. The summed E-state index contributed by atoms with van der Waals surface area (Å²) in [6, 6.07) is 0. The molecule has 0 aromatic rings. The van der Waals surface area contributed by atoms with Crippen molar-refractivity contribution in [1.29, 1.82) is 0 Å². The number of aliphatic hydroxyl groups is 1. The van der Waals surface area contributed by atoms with Crippen LogP contribution < -0.4 is 0 Å². The fraction of sp³-hybridized carbons (Fsp3) is 0.909. The average Bonchev–Trinajstić information content (AvgIpc) is 2.26. The molecule has 0 aromatic heterocycles. The van der Waals surface area contributed by atoms with Crippen molar-refractivity contribution in [2.45, 2.75) is 12.8 Å². The number of likely N-dealkylation sites (tertiary alicyclic amines) is 1. The summed E-state index contributed by atoms with van der Waals surface area (Å²) in [5, 5.41) is 8.55. The van der Waals surface area contributed by atoms with E-state index < -0.39 is 0 Å². The standard InChI is InChI=1S/C11H22N2O3/c1-12(2)9-10-3-5-13(6-4-10)11(15)16-8-7-14/h10,14H,3-9H2,1-2H3. The minimum atomic E-state index is -0.294. The zero-order chi connectivity index (χ0) is 12.0. The predicted molar refractivity (Wildman–Crippen MR) is 61.3 cm³/mol. The van der Waals surface area contributed by atoms with Gasteiger partial charge in [0.1, 0.15) is 6.61 Å². The summed E-state index contributed by atoms with van der Waals surface area (Å²) in [5.74, 6) is 0.678. The van der Waals surface area contributed by atoms with E-state index in [1.54, 1.807) is 4.90 Å². The molecule has 1 N–H and O–H groups in total. The molecular formula is C11H22N2O3. The van der Waals surface area contributed by atoms with Crippen LogP contribution in [0, 0.1) is 5.92 Å². The first kappa shape index (κ1) is 13.3. The molecule has 0 aliphatic carbocycles. The lowest BCUT2D eigenvalue weighted by molar-refractivity contribution is 0.0708. The zero-order valence-corrected chi connectivity index (χ0v) is 10.2. The Hall–Kier alpha value is -0.810. The summed E-state index contributed by atoms with van der Waals surface area (Å²) in [6.07, 6.45) is 1.77. The number of hydrogen-bond donors (Lipinski definition) is 1. The summed E-state index contributed by atoms with van der Waals surface area (Å²) in [7, 11) is 4.14. The van der Waals surface area contributed by atoms with Crippen LogP contribution in [0.15, 0.2) is 0 Å². The van der Waals surface area contributed by atoms with Crippen molar-refractivity contribution >= 4 is 6.09 Å². The second-order valence-electron chi connectivity index (χ2n) is 4.53. The molecule has 5 nitrogen and oxygen atoms in total. The van der Waals surface area contributed by atoms with E-state index in [1.165, 1.54) is 0 Å². The SMILES string of the molecule is CN(C)CC1CCN(C(=O)OCCO)CC1. The van der Waals surface area contributed by atoms with E-state index in [0.717, 1.165) is 32.5 Å². The summed E-state index contributed by atoms with van der Waals surface area (Å²) in [6.45, 7) is 2.60. The third-order valence-corrected chi connectivity index (χ3v) is 2.81. The Labute approximate surface area is 97.0 Å². The molecule has 1 aliphatic rings. The highest BCUT2D eigenvalue weighted by Gasteiger charge is 2.23. The van der Waals surface area contributed by atoms with Gasteiger partial charge in [0, 0.05) is 19.6 Å². The second-order valence-corrected chi connectivity index (χ2v) is 4.53. The highest BCUT2D eigenvalue weighted by atomic mass is 16.6. The lowest BCUT2D eigenvalue weighted by Gasteiger charge is -2.32. The Bertz CT molecular complexity index is 213. The summed E-state index contributed by atoms with van der Waals surface area (Å²) in [5.41, 5.74) is 0. The minimum absolute atomic E-state index is 0.0937. The van der Waals surface area contributed by atoms with E-state index in [2.05, 4.69) is 19.0 Å². The molecule has 1 amide bonds. The molecule has 1 fully saturated rings. The monoisotopic (exact) mass is 230 g/mol. The van der Waals surface area contributed by atoms with Gasteiger partial charge in [0.25, 0.3) is 0 Å². The van der Waals surface area contributed by atoms with Gasteiger partial charge in [0.2, 0.25) is 0 Å². The molecule has 1 heterocycles. The molecule has 16 heavy (non-hydrogen) atoms. The van der Waals surface area contributed by atoms with Crippen LogP contribution in [0.3, 0.4) is 0 Å². The molecule has 1 aliphatic heterocycles. The van der Waals surface area contributed by atoms with E-state index in [-0.39, 0.29) is 19.3 Å². The minimum Gasteiger partial charge on any atom is -0.447 e. The van der Waals surface area contributed by atoms with Crippen molar-refractivity contribution in [3.8, 4) is 0 Å². The van der Waals surface area contributed by atoms with Crippen LogP contribution >= 0.6 is 0 Å². The molecule has 1 saturated heterocycles. The van der Waals surface area contributed by atoms with E-state index in [1.807, 2.05) is 0 Å². The first-order chi connectivity index (χ1) is 7.63. The normalized spacial score (nSPS) is 17.9. The van der Waals surface area contributed by atoms with E-state index in [9.17, 15) is 4.79 Å². The second kappa shape index (κ2) is 6.70. The van der Waals surface area contributed by atoms with E-state index in [4.69, 9.17) is 9.84 Å². The number of carbonyl (C=O) groups is 1. The van der Waals surface area contributed by atoms with Crippen LogP contribution in [0.25, 0.3) is 0 Å². The van der Waals surface area contributed by atoms with Crippen molar-refractivity contribution in [3.63, 3.8) is 0 Å². The quantitative estimate of drug-likeness (QED) is 0.759. The van der Waals surface area contributed by atoms with Gasteiger partial charge in [-0.15, -0.1) is 0 Å². The molecule has 0 atom stereocenters. The van der Waals surface area contributed by atoms with Gasteiger partial charge in [-0.3, -0.25) is 0 Å². The third kappa shape index (κ3) is 4.37. The van der Waals surface area contributed by atoms with Crippen molar-refractivity contribution in [1.82, 2.24) is 9.80 Å². The molecule has 1 rings (SSSR count). The summed E-state index contributed by atoms with van der Waals surface area (Å²) < 4.78 is 4.87. The molecule has 0 radical (unpaired) electrons. The molecule has 0 spiro atoms. The van der Waals surface area contributed by atoms with Crippen LogP contribution in [0.5, 0.6) is 0 Å². The van der Waals surface area contributed by atoms with Crippen molar-refractivity contribution in [2.24, 2.45) is 5.92 Å².